The molecule has 1 atom stereocenters. The number of quaternary nitrogens is 1. The highest BCUT2D eigenvalue weighted by Crippen LogP contribution is 2.36. The van der Waals surface area contributed by atoms with Gasteiger partial charge in [0.25, 0.3) is 5.91 Å². The van der Waals surface area contributed by atoms with Gasteiger partial charge in [-0.15, -0.1) is 0 Å². The summed E-state index contributed by atoms with van der Waals surface area (Å²) in [6, 6.07) is 6.93. The number of aryl methyl sites for hydroxylation is 1. The molecule has 1 unspecified atom stereocenters. The van der Waals surface area contributed by atoms with E-state index in [9.17, 15) is 18.0 Å². The zero-order valence-corrected chi connectivity index (χ0v) is 13.9. The van der Waals surface area contributed by atoms with Crippen LogP contribution in [0.1, 0.15) is 17.1 Å². The van der Waals surface area contributed by atoms with Gasteiger partial charge >= 0.3 is 6.18 Å². The molecule has 2 aromatic rings. The fourth-order valence-electron chi connectivity index (χ4n) is 2.24. The summed E-state index contributed by atoms with van der Waals surface area (Å²) >= 11 is 5.55. The van der Waals surface area contributed by atoms with Crippen molar-refractivity contribution in [3.8, 4) is 0 Å². The van der Waals surface area contributed by atoms with Crippen LogP contribution >= 0.6 is 11.6 Å². The number of benzene rings is 1. The summed E-state index contributed by atoms with van der Waals surface area (Å²) < 4.78 is 43.9. The molecule has 1 aromatic carbocycles. The van der Waals surface area contributed by atoms with Gasteiger partial charge < -0.3 is 14.6 Å². The molecule has 4 nitrogen and oxygen atoms in total. The Labute approximate surface area is 142 Å². The molecule has 0 aliphatic carbocycles. The summed E-state index contributed by atoms with van der Waals surface area (Å²) in [5.74, 6) is 1.12. The molecular weight excluding hydrogens is 345 g/mol. The molecule has 0 saturated carbocycles. The van der Waals surface area contributed by atoms with Crippen LogP contribution in [0.2, 0.25) is 5.02 Å². The van der Waals surface area contributed by atoms with E-state index in [1.54, 1.807) is 7.05 Å². The van der Waals surface area contributed by atoms with Gasteiger partial charge in [0.05, 0.1) is 17.6 Å². The molecule has 2 N–H and O–H groups in total. The van der Waals surface area contributed by atoms with Gasteiger partial charge in [0, 0.05) is 5.69 Å². The number of carbonyl (C=O) groups excluding carboxylic acids is 1. The Bertz CT molecular complexity index is 728. The van der Waals surface area contributed by atoms with E-state index in [2.05, 4.69) is 5.32 Å². The van der Waals surface area contributed by atoms with Gasteiger partial charge in [-0.2, -0.15) is 13.2 Å². The van der Waals surface area contributed by atoms with Crippen molar-refractivity contribution in [1.82, 2.24) is 0 Å². The molecule has 0 bridgehead atoms. The maximum absolute atomic E-state index is 12.8. The molecular formula is C16H17ClF3N2O2+. The van der Waals surface area contributed by atoms with Crippen molar-refractivity contribution < 1.29 is 27.3 Å². The van der Waals surface area contributed by atoms with Crippen LogP contribution in [0, 0.1) is 6.92 Å². The molecule has 0 aliphatic heterocycles. The molecule has 0 saturated heterocycles. The number of alkyl halides is 3. The average Bonchev–Trinajstić information content (AvgIpc) is 2.84. The minimum Gasteiger partial charge on any atom is -0.460 e. The van der Waals surface area contributed by atoms with E-state index >= 15 is 0 Å². The van der Waals surface area contributed by atoms with Crippen molar-refractivity contribution in [3.05, 3.63) is 52.4 Å². The molecule has 1 aromatic heterocycles. The molecule has 1 heterocycles. The largest absolute Gasteiger partial charge is 0.460 e. The van der Waals surface area contributed by atoms with Crippen LogP contribution in [0.3, 0.4) is 0 Å². The number of furan rings is 1. The molecule has 2 rings (SSSR count). The molecule has 0 radical (unpaired) electrons. The number of halogens is 4. The van der Waals surface area contributed by atoms with Gasteiger partial charge in [0.2, 0.25) is 0 Å². The smallest absolute Gasteiger partial charge is 0.417 e. The fraction of sp³-hybridized carbons (Fsp3) is 0.312. The van der Waals surface area contributed by atoms with Gasteiger partial charge in [-0.1, -0.05) is 11.6 Å². The lowest BCUT2D eigenvalue weighted by molar-refractivity contribution is -0.886. The lowest BCUT2D eigenvalue weighted by Crippen LogP contribution is -3.08. The second-order valence-electron chi connectivity index (χ2n) is 5.56. The van der Waals surface area contributed by atoms with Crippen molar-refractivity contribution in [3.63, 3.8) is 0 Å². The Morgan fingerprint density at radius 3 is 2.58 bits per heavy atom. The highest BCUT2D eigenvalue weighted by Gasteiger charge is 2.33. The van der Waals surface area contributed by atoms with Gasteiger partial charge in [-0.25, -0.2) is 0 Å². The van der Waals surface area contributed by atoms with Gasteiger partial charge in [0.15, 0.2) is 12.3 Å². The van der Waals surface area contributed by atoms with Crippen molar-refractivity contribution in [1.29, 1.82) is 0 Å². The number of anilines is 1. The van der Waals surface area contributed by atoms with Crippen LogP contribution in [-0.4, -0.2) is 19.5 Å². The van der Waals surface area contributed by atoms with Crippen molar-refractivity contribution >= 4 is 23.2 Å². The van der Waals surface area contributed by atoms with E-state index in [1.165, 1.54) is 6.07 Å². The predicted molar refractivity (Wildman–Crippen MR) is 84.0 cm³/mol. The SMILES string of the molecule is Cc1ccc(C[NH+](C)CC(=O)Nc2ccc(Cl)c(C(F)(F)F)c2)o1. The quantitative estimate of drug-likeness (QED) is 0.860. The number of rotatable bonds is 5. The summed E-state index contributed by atoms with van der Waals surface area (Å²) in [6.07, 6.45) is -4.57. The van der Waals surface area contributed by atoms with Crippen LogP contribution in [-0.2, 0) is 17.5 Å². The topological polar surface area (TPSA) is 46.7 Å². The molecule has 8 heteroatoms. The highest BCUT2D eigenvalue weighted by atomic mass is 35.5. The Balaban J connectivity index is 1.97. The molecule has 0 aliphatic rings. The maximum Gasteiger partial charge on any atom is 0.417 e. The summed E-state index contributed by atoms with van der Waals surface area (Å²) in [5, 5.41) is 2.05. The lowest BCUT2D eigenvalue weighted by Gasteiger charge is -2.14. The standard InChI is InChI=1S/C16H16ClF3N2O2/c1-10-3-5-12(24-10)8-22(2)9-15(23)21-11-4-6-14(17)13(7-11)16(18,19)20/h3-7H,8-9H2,1-2H3,(H,21,23)/p+1. The predicted octanol–water partition coefficient (Wildman–Crippen LogP) is 2.91. The number of nitrogens with one attached hydrogen (secondary N) is 2. The Hall–Kier alpha value is -1.99. The molecule has 0 fully saturated rings. The van der Waals surface area contributed by atoms with Crippen LogP contribution in [0.5, 0.6) is 0 Å². The Kier molecular flexibility index (Phi) is 5.56. The fourth-order valence-corrected chi connectivity index (χ4v) is 2.46. The normalized spacial score (nSPS) is 12.9. The summed E-state index contributed by atoms with van der Waals surface area (Å²) in [6.45, 7) is 2.41. The first-order valence-electron chi connectivity index (χ1n) is 7.18. The number of amides is 1. The highest BCUT2D eigenvalue weighted by molar-refractivity contribution is 6.31. The van der Waals surface area contributed by atoms with Gasteiger partial charge in [0.1, 0.15) is 12.3 Å². The summed E-state index contributed by atoms with van der Waals surface area (Å²) in [7, 11) is 1.79. The van der Waals surface area contributed by atoms with Crippen molar-refractivity contribution in [2.75, 3.05) is 18.9 Å². The van der Waals surface area contributed by atoms with Crippen molar-refractivity contribution in [2.45, 2.75) is 19.6 Å². The first-order valence-corrected chi connectivity index (χ1v) is 7.56. The van der Waals surface area contributed by atoms with E-state index in [1.807, 2.05) is 19.1 Å². The third kappa shape index (κ3) is 5.01. The van der Waals surface area contributed by atoms with Crippen LogP contribution in [0.25, 0.3) is 0 Å². The second-order valence-corrected chi connectivity index (χ2v) is 5.97. The monoisotopic (exact) mass is 361 g/mol. The zero-order chi connectivity index (χ0) is 17.9. The first-order chi connectivity index (χ1) is 11.1. The number of carbonyl (C=O) groups is 1. The minimum absolute atomic E-state index is 0.0540. The number of likely N-dealkylation sites (N-methyl/N-ethyl adjacent to an activating group) is 1. The lowest BCUT2D eigenvalue weighted by atomic mass is 10.2. The molecule has 1 amide bonds. The Morgan fingerprint density at radius 2 is 2.00 bits per heavy atom. The first kappa shape index (κ1) is 18.4. The van der Waals surface area contributed by atoms with Crippen molar-refractivity contribution in [2.24, 2.45) is 0 Å². The molecule has 130 valence electrons. The third-order valence-electron chi connectivity index (χ3n) is 3.29. The van der Waals surface area contributed by atoms with Crippen LogP contribution in [0.4, 0.5) is 18.9 Å². The summed E-state index contributed by atoms with van der Waals surface area (Å²) in [5.41, 5.74) is -0.924. The van der Waals surface area contributed by atoms with Gasteiger partial charge in [-0.05, 0) is 37.3 Å². The van der Waals surface area contributed by atoms with Crippen LogP contribution < -0.4 is 10.2 Å². The minimum atomic E-state index is -4.57. The van der Waals surface area contributed by atoms with E-state index in [-0.39, 0.29) is 12.2 Å². The zero-order valence-electron chi connectivity index (χ0n) is 13.1. The van der Waals surface area contributed by atoms with E-state index < -0.39 is 22.7 Å². The van der Waals surface area contributed by atoms with E-state index in [0.29, 0.717) is 6.54 Å². The molecule has 24 heavy (non-hydrogen) atoms. The number of hydrogen-bond donors (Lipinski definition) is 2. The van der Waals surface area contributed by atoms with Crippen LogP contribution in [0.15, 0.2) is 34.7 Å². The molecule has 0 spiro atoms. The maximum atomic E-state index is 12.8. The summed E-state index contributed by atoms with van der Waals surface area (Å²) in [4.78, 5) is 12.8. The van der Waals surface area contributed by atoms with Gasteiger partial charge in [-0.3, -0.25) is 4.79 Å². The third-order valence-corrected chi connectivity index (χ3v) is 3.62. The van der Waals surface area contributed by atoms with E-state index in [4.69, 9.17) is 16.0 Å². The Morgan fingerprint density at radius 1 is 1.29 bits per heavy atom. The van der Waals surface area contributed by atoms with E-state index in [0.717, 1.165) is 28.6 Å². The number of hydrogen-bond acceptors (Lipinski definition) is 2. The second kappa shape index (κ2) is 7.27. The average molecular weight is 362 g/mol.